The molecule has 3 rings (SSSR count). The van der Waals surface area contributed by atoms with Gasteiger partial charge in [-0.05, 0) is 41.5 Å². The number of aromatic nitrogens is 2. The summed E-state index contributed by atoms with van der Waals surface area (Å²) in [6, 6.07) is 8.94. The molecule has 19 heavy (non-hydrogen) atoms. The van der Waals surface area contributed by atoms with Crippen molar-refractivity contribution in [3.05, 3.63) is 59.2 Å². The summed E-state index contributed by atoms with van der Waals surface area (Å²) in [5, 5.41) is 7.47. The summed E-state index contributed by atoms with van der Waals surface area (Å²) in [5.41, 5.74) is 7.71. The number of aromatic amines is 1. The van der Waals surface area contributed by atoms with Gasteiger partial charge in [0.1, 0.15) is 11.6 Å². The number of hydrogen-bond donors (Lipinski definition) is 2. The molecule has 1 heterocycles. The van der Waals surface area contributed by atoms with Crippen LogP contribution in [-0.4, -0.2) is 10.2 Å². The van der Waals surface area contributed by atoms with Gasteiger partial charge in [-0.1, -0.05) is 6.07 Å². The van der Waals surface area contributed by atoms with Crippen LogP contribution in [0.15, 0.2) is 36.4 Å². The molecule has 0 saturated heterocycles. The van der Waals surface area contributed by atoms with E-state index in [1.807, 2.05) is 18.2 Å². The molecule has 0 spiro atoms. The highest BCUT2D eigenvalue weighted by Crippen LogP contribution is 2.22. The van der Waals surface area contributed by atoms with Crippen LogP contribution in [0.4, 0.5) is 14.6 Å². The lowest BCUT2D eigenvalue weighted by Gasteiger charge is -2.04. The Bertz CT molecular complexity index is 750. The van der Waals surface area contributed by atoms with E-state index < -0.39 is 11.6 Å². The summed E-state index contributed by atoms with van der Waals surface area (Å²) in [5.74, 6) is -0.460. The number of nitrogens with two attached hydrogens (primary N) is 1. The molecule has 1 aromatic heterocycles. The first-order valence-corrected chi connectivity index (χ1v) is 5.80. The van der Waals surface area contributed by atoms with E-state index in [-0.39, 0.29) is 0 Å². The predicted molar refractivity (Wildman–Crippen MR) is 69.7 cm³/mol. The molecule has 3 N–H and O–H groups in total. The lowest BCUT2D eigenvalue weighted by atomic mass is 10.0. The van der Waals surface area contributed by atoms with E-state index in [1.54, 1.807) is 0 Å². The van der Waals surface area contributed by atoms with Gasteiger partial charge >= 0.3 is 0 Å². The molecule has 0 bridgehead atoms. The topological polar surface area (TPSA) is 54.7 Å². The van der Waals surface area contributed by atoms with Crippen LogP contribution in [0.1, 0.15) is 11.1 Å². The minimum absolute atomic E-state index is 0.310. The zero-order valence-electron chi connectivity index (χ0n) is 9.95. The van der Waals surface area contributed by atoms with Crippen LogP contribution in [0, 0.1) is 11.6 Å². The maximum absolute atomic E-state index is 13.6. The highest BCUT2D eigenvalue weighted by molar-refractivity contribution is 5.89. The highest BCUT2D eigenvalue weighted by Gasteiger charge is 2.07. The second kappa shape index (κ2) is 4.35. The van der Waals surface area contributed by atoms with Gasteiger partial charge < -0.3 is 5.73 Å². The molecule has 0 unspecified atom stereocenters. The third-order valence-electron chi connectivity index (χ3n) is 3.06. The number of nitrogen functional groups attached to an aromatic ring is 1. The third-order valence-corrected chi connectivity index (χ3v) is 3.06. The summed E-state index contributed by atoms with van der Waals surface area (Å²) in [6.07, 6.45) is 0.310. The molecule has 0 aliphatic carbocycles. The standard InChI is InChI=1S/C14H11F2N3/c15-10-2-3-12(16)9(7-10)5-8-1-4-13-11(6-8)14(17)19-18-13/h1-4,6-7H,5H2,(H3,17,18,19). The van der Waals surface area contributed by atoms with Crippen molar-refractivity contribution < 1.29 is 8.78 Å². The van der Waals surface area contributed by atoms with Crippen molar-refractivity contribution in [2.24, 2.45) is 0 Å². The Labute approximate surface area is 108 Å². The summed E-state index contributed by atoms with van der Waals surface area (Å²) < 4.78 is 26.7. The molecule has 3 nitrogen and oxygen atoms in total. The number of hydrogen-bond acceptors (Lipinski definition) is 2. The summed E-state index contributed by atoms with van der Waals surface area (Å²) >= 11 is 0. The van der Waals surface area contributed by atoms with Crippen molar-refractivity contribution in [2.45, 2.75) is 6.42 Å². The predicted octanol–water partition coefficient (Wildman–Crippen LogP) is 3.01. The molecule has 0 aliphatic heterocycles. The van der Waals surface area contributed by atoms with Gasteiger partial charge in [-0.15, -0.1) is 0 Å². The molecule has 0 atom stereocenters. The molecule has 3 aromatic rings. The normalized spacial score (nSPS) is 11.1. The molecular formula is C14H11F2N3. The van der Waals surface area contributed by atoms with Crippen molar-refractivity contribution in [1.29, 1.82) is 0 Å². The minimum atomic E-state index is -0.444. The highest BCUT2D eigenvalue weighted by atomic mass is 19.1. The SMILES string of the molecule is Nc1n[nH]c2ccc(Cc3cc(F)ccc3F)cc12. The third kappa shape index (κ3) is 2.14. The van der Waals surface area contributed by atoms with Gasteiger partial charge in [0.15, 0.2) is 5.82 Å². The van der Waals surface area contributed by atoms with Gasteiger partial charge in [0.2, 0.25) is 0 Å². The molecule has 2 aromatic carbocycles. The first-order valence-electron chi connectivity index (χ1n) is 5.80. The second-order valence-electron chi connectivity index (χ2n) is 4.40. The van der Waals surface area contributed by atoms with Crippen LogP contribution in [0.3, 0.4) is 0 Å². The van der Waals surface area contributed by atoms with Crippen LogP contribution in [0.25, 0.3) is 10.9 Å². The number of H-pyrrole nitrogens is 1. The number of anilines is 1. The Morgan fingerprint density at radius 3 is 2.79 bits per heavy atom. The minimum Gasteiger partial charge on any atom is -0.382 e. The molecular weight excluding hydrogens is 248 g/mol. The van der Waals surface area contributed by atoms with Crippen LogP contribution in [0.5, 0.6) is 0 Å². The quantitative estimate of drug-likeness (QED) is 0.743. The van der Waals surface area contributed by atoms with E-state index in [4.69, 9.17) is 5.73 Å². The van der Waals surface area contributed by atoms with Crippen LogP contribution < -0.4 is 5.73 Å². The van der Waals surface area contributed by atoms with E-state index in [2.05, 4.69) is 10.2 Å². The largest absolute Gasteiger partial charge is 0.382 e. The van der Waals surface area contributed by atoms with Gasteiger partial charge in [0.05, 0.1) is 5.52 Å². The summed E-state index contributed by atoms with van der Waals surface area (Å²) in [6.45, 7) is 0. The van der Waals surface area contributed by atoms with E-state index in [9.17, 15) is 8.78 Å². The summed E-state index contributed by atoms with van der Waals surface area (Å²) in [4.78, 5) is 0. The van der Waals surface area contributed by atoms with Gasteiger partial charge in [0, 0.05) is 11.8 Å². The van der Waals surface area contributed by atoms with E-state index in [0.717, 1.165) is 28.6 Å². The van der Waals surface area contributed by atoms with E-state index in [0.29, 0.717) is 17.8 Å². The van der Waals surface area contributed by atoms with Crippen molar-refractivity contribution in [2.75, 3.05) is 5.73 Å². The average Bonchev–Trinajstić information content (AvgIpc) is 2.76. The smallest absolute Gasteiger partial charge is 0.153 e. The van der Waals surface area contributed by atoms with Crippen LogP contribution in [-0.2, 0) is 6.42 Å². The number of halogens is 2. The lowest BCUT2D eigenvalue weighted by Crippen LogP contribution is -1.94. The Morgan fingerprint density at radius 2 is 1.95 bits per heavy atom. The van der Waals surface area contributed by atoms with Crippen LogP contribution >= 0.6 is 0 Å². The van der Waals surface area contributed by atoms with Gasteiger partial charge in [-0.25, -0.2) is 8.78 Å². The molecule has 96 valence electrons. The fraction of sp³-hybridized carbons (Fsp3) is 0.0714. The fourth-order valence-corrected chi connectivity index (χ4v) is 2.09. The number of fused-ring (bicyclic) bond motifs is 1. The van der Waals surface area contributed by atoms with E-state index >= 15 is 0 Å². The Kier molecular flexibility index (Phi) is 2.67. The van der Waals surface area contributed by atoms with Crippen LogP contribution in [0.2, 0.25) is 0 Å². The van der Waals surface area contributed by atoms with Crippen molar-refractivity contribution in [3.8, 4) is 0 Å². The van der Waals surface area contributed by atoms with Crippen molar-refractivity contribution in [3.63, 3.8) is 0 Å². The number of benzene rings is 2. The monoisotopic (exact) mass is 259 g/mol. The number of nitrogens with one attached hydrogen (secondary N) is 1. The first-order chi connectivity index (χ1) is 9.13. The van der Waals surface area contributed by atoms with Crippen molar-refractivity contribution in [1.82, 2.24) is 10.2 Å². The number of rotatable bonds is 2. The Hall–Kier alpha value is -2.43. The lowest BCUT2D eigenvalue weighted by molar-refractivity contribution is 0.588. The molecule has 0 fully saturated rings. The van der Waals surface area contributed by atoms with Gasteiger partial charge in [-0.3, -0.25) is 5.10 Å². The van der Waals surface area contributed by atoms with Gasteiger partial charge in [-0.2, -0.15) is 5.10 Å². The molecule has 0 aliphatic rings. The zero-order chi connectivity index (χ0) is 13.4. The van der Waals surface area contributed by atoms with Crippen molar-refractivity contribution >= 4 is 16.7 Å². The Balaban J connectivity index is 2.00. The maximum atomic E-state index is 13.6. The molecule has 0 radical (unpaired) electrons. The fourth-order valence-electron chi connectivity index (χ4n) is 2.09. The average molecular weight is 259 g/mol. The molecule has 5 heteroatoms. The molecule has 0 amide bonds. The maximum Gasteiger partial charge on any atom is 0.153 e. The summed E-state index contributed by atoms with van der Waals surface area (Å²) in [7, 11) is 0. The van der Waals surface area contributed by atoms with Gasteiger partial charge in [0.25, 0.3) is 0 Å². The molecule has 0 saturated carbocycles. The Morgan fingerprint density at radius 1 is 1.11 bits per heavy atom. The first kappa shape index (κ1) is 11.6. The zero-order valence-corrected chi connectivity index (χ0v) is 9.95. The second-order valence-corrected chi connectivity index (χ2v) is 4.40. The number of nitrogens with zero attached hydrogens (tertiary/aromatic N) is 1. The van der Waals surface area contributed by atoms with E-state index in [1.165, 1.54) is 6.07 Å².